The highest BCUT2D eigenvalue weighted by molar-refractivity contribution is 5.34. The molecule has 0 amide bonds. The van der Waals surface area contributed by atoms with E-state index in [-0.39, 0.29) is 11.6 Å². The lowest BCUT2D eigenvalue weighted by atomic mass is 9.97. The highest BCUT2D eigenvalue weighted by Crippen LogP contribution is 2.38. The molecule has 2 heteroatoms. The van der Waals surface area contributed by atoms with Gasteiger partial charge in [-0.2, -0.15) is 5.26 Å². The van der Waals surface area contributed by atoms with Gasteiger partial charge in [0.1, 0.15) is 5.54 Å². The Labute approximate surface area is 113 Å². The standard InChI is InChI=1S/C17H16N2/c18-13-17(11-12-17)19-16(14-7-3-1-4-8-14)15-9-5-2-6-10-15/h1-10,16,19H,11-12H2. The van der Waals surface area contributed by atoms with E-state index in [1.165, 1.54) is 11.1 Å². The van der Waals surface area contributed by atoms with E-state index in [1.54, 1.807) is 0 Å². The lowest BCUT2D eigenvalue weighted by molar-refractivity contribution is 0.532. The van der Waals surface area contributed by atoms with E-state index in [1.807, 2.05) is 36.4 Å². The summed E-state index contributed by atoms with van der Waals surface area (Å²) < 4.78 is 0. The molecule has 0 bridgehead atoms. The predicted octanol–water partition coefficient (Wildman–Crippen LogP) is 3.42. The number of rotatable bonds is 4. The lowest BCUT2D eigenvalue weighted by Gasteiger charge is -2.22. The smallest absolute Gasteiger partial charge is 0.107 e. The second-order valence-corrected chi connectivity index (χ2v) is 5.09. The van der Waals surface area contributed by atoms with E-state index >= 15 is 0 Å². The molecule has 1 fully saturated rings. The summed E-state index contributed by atoms with van der Waals surface area (Å²) in [5.41, 5.74) is 2.08. The summed E-state index contributed by atoms with van der Waals surface area (Å²) in [6.07, 6.45) is 1.89. The maximum absolute atomic E-state index is 9.29. The van der Waals surface area contributed by atoms with Crippen LogP contribution in [0.25, 0.3) is 0 Å². The van der Waals surface area contributed by atoms with Crippen molar-refractivity contribution in [3.63, 3.8) is 0 Å². The summed E-state index contributed by atoms with van der Waals surface area (Å²) in [4.78, 5) is 0. The molecule has 2 aromatic rings. The SMILES string of the molecule is N#CC1(NC(c2ccccc2)c2ccccc2)CC1. The van der Waals surface area contributed by atoms with Crippen LogP contribution in [0.5, 0.6) is 0 Å². The number of hydrogen-bond acceptors (Lipinski definition) is 2. The largest absolute Gasteiger partial charge is 0.288 e. The molecular formula is C17H16N2. The first-order valence-electron chi connectivity index (χ1n) is 6.62. The van der Waals surface area contributed by atoms with Gasteiger partial charge in [0.25, 0.3) is 0 Å². The van der Waals surface area contributed by atoms with E-state index in [9.17, 15) is 5.26 Å². The van der Waals surface area contributed by atoms with Crippen molar-refractivity contribution in [1.82, 2.24) is 5.32 Å². The van der Waals surface area contributed by atoms with Gasteiger partial charge in [0.2, 0.25) is 0 Å². The topological polar surface area (TPSA) is 35.8 Å². The Kier molecular flexibility index (Phi) is 3.06. The van der Waals surface area contributed by atoms with Crippen LogP contribution < -0.4 is 5.32 Å². The fourth-order valence-electron chi connectivity index (χ4n) is 2.34. The quantitative estimate of drug-likeness (QED) is 0.900. The van der Waals surface area contributed by atoms with Crippen LogP contribution in [0.1, 0.15) is 30.0 Å². The van der Waals surface area contributed by atoms with Gasteiger partial charge in [-0.25, -0.2) is 0 Å². The van der Waals surface area contributed by atoms with Crippen molar-refractivity contribution in [1.29, 1.82) is 5.26 Å². The van der Waals surface area contributed by atoms with Crippen molar-refractivity contribution in [2.75, 3.05) is 0 Å². The van der Waals surface area contributed by atoms with Crippen molar-refractivity contribution in [2.45, 2.75) is 24.4 Å². The van der Waals surface area contributed by atoms with Crippen LogP contribution in [0.15, 0.2) is 60.7 Å². The van der Waals surface area contributed by atoms with E-state index in [0.717, 1.165) is 12.8 Å². The average Bonchev–Trinajstić information content (AvgIpc) is 3.27. The molecule has 94 valence electrons. The molecule has 0 unspecified atom stereocenters. The Balaban J connectivity index is 1.95. The van der Waals surface area contributed by atoms with Gasteiger partial charge < -0.3 is 0 Å². The first-order valence-corrected chi connectivity index (χ1v) is 6.62. The molecule has 0 atom stereocenters. The molecule has 0 radical (unpaired) electrons. The van der Waals surface area contributed by atoms with Crippen molar-refractivity contribution in [2.24, 2.45) is 0 Å². The third-order valence-electron chi connectivity index (χ3n) is 3.65. The molecule has 2 aromatic carbocycles. The van der Waals surface area contributed by atoms with E-state index in [0.29, 0.717) is 0 Å². The van der Waals surface area contributed by atoms with Crippen LogP contribution in [-0.2, 0) is 0 Å². The summed E-state index contributed by atoms with van der Waals surface area (Å²) >= 11 is 0. The van der Waals surface area contributed by atoms with E-state index in [4.69, 9.17) is 0 Å². The molecule has 1 aliphatic carbocycles. The minimum absolute atomic E-state index is 0.0875. The Morgan fingerprint density at radius 3 is 1.74 bits per heavy atom. The lowest BCUT2D eigenvalue weighted by Crippen LogP contribution is -2.34. The fourth-order valence-corrected chi connectivity index (χ4v) is 2.34. The molecule has 0 aliphatic heterocycles. The first kappa shape index (κ1) is 12.0. The number of nitrogens with zero attached hydrogens (tertiary/aromatic N) is 1. The number of nitrogens with one attached hydrogen (secondary N) is 1. The Morgan fingerprint density at radius 1 is 0.895 bits per heavy atom. The van der Waals surface area contributed by atoms with Gasteiger partial charge in [-0.15, -0.1) is 0 Å². The van der Waals surface area contributed by atoms with Crippen LogP contribution in [0.4, 0.5) is 0 Å². The molecular weight excluding hydrogens is 232 g/mol. The average molecular weight is 248 g/mol. The summed E-state index contributed by atoms with van der Waals surface area (Å²) in [5.74, 6) is 0. The molecule has 3 rings (SSSR count). The van der Waals surface area contributed by atoms with Crippen LogP contribution in [0.2, 0.25) is 0 Å². The Hall–Kier alpha value is -2.11. The van der Waals surface area contributed by atoms with Gasteiger partial charge in [0, 0.05) is 0 Å². The molecule has 0 heterocycles. The van der Waals surface area contributed by atoms with Crippen molar-refractivity contribution in [3.8, 4) is 6.07 Å². The van der Waals surface area contributed by atoms with Crippen LogP contribution >= 0.6 is 0 Å². The molecule has 0 spiro atoms. The maximum atomic E-state index is 9.29. The Morgan fingerprint density at radius 2 is 1.37 bits per heavy atom. The predicted molar refractivity (Wildman–Crippen MR) is 75.4 cm³/mol. The van der Waals surface area contributed by atoms with Crippen molar-refractivity contribution in [3.05, 3.63) is 71.8 Å². The molecule has 2 nitrogen and oxygen atoms in total. The Bertz CT molecular complexity index is 540. The highest BCUT2D eigenvalue weighted by Gasteiger charge is 2.44. The van der Waals surface area contributed by atoms with Gasteiger partial charge in [0.15, 0.2) is 0 Å². The molecule has 0 aromatic heterocycles. The minimum Gasteiger partial charge on any atom is -0.288 e. The third-order valence-corrected chi connectivity index (χ3v) is 3.65. The van der Waals surface area contributed by atoms with Crippen molar-refractivity contribution >= 4 is 0 Å². The van der Waals surface area contributed by atoms with Crippen LogP contribution in [0.3, 0.4) is 0 Å². The minimum atomic E-state index is -0.323. The zero-order valence-corrected chi connectivity index (χ0v) is 10.7. The van der Waals surface area contributed by atoms with E-state index in [2.05, 4.69) is 35.7 Å². The second-order valence-electron chi connectivity index (χ2n) is 5.09. The van der Waals surface area contributed by atoms with Crippen LogP contribution in [-0.4, -0.2) is 5.54 Å². The zero-order chi connectivity index (χ0) is 13.1. The third kappa shape index (κ3) is 2.52. The molecule has 1 N–H and O–H groups in total. The zero-order valence-electron chi connectivity index (χ0n) is 10.7. The second kappa shape index (κ2) is 4.87. The van der Waals surface area contributed by atoms with Crippen LogP contribution in [0, 0.1) is 11.3 Å². The number of hydrogen-bond donors (Lipinski definition) is 1. The van der Waals surface area contributed by atoms with E-state index < -0.39 is 0 Å². The first-order chi connectivity index (χ1) is 9.33. The monoisotopic (exact) mass is 248 g/mol. The van der Waals surface area contributed by atoms with Gasteiger partial charge >= 0.3 is 0 Å². The summed E-state index contributed by atoms with van der Waals surface area (Å²) in [7, 11) is 0. The molecule has 1 aliphatic rings. The maximum Gasteiger partial charge on any atom is 0.107 e. The highest BCUT2D eigenvalue weighted by atomic mass is 15.0. The van der Waals surface area contributed by atoms with Gasteiger partial charge in [-0.3, -0.25) is 5.32 Å². The van der Waals surface area contributed by atoms with Gasteiger partial charge in [-0.1, -0.05) is 60.7 Å². The summed E-state index contributed by atoms with van der Waals surface area (Å²) in [5, 5.41) is 12.8. The molecule has 0 saturated heterocycles. The summed E-state index contributed by atoms with van der Waals surface area (Å²) in [6, 6.07) is 23.1. The van der Waals surface area contributed by atoms with Crippen molar-refractivity contribution < 1.29 is 0 Å². The number of nitriles is 1. The van der Waals surface area contributed by atoms with Gasteiger partial charge in [-0.05, 0) is 24.0 Å². The number of benzene rings is 2. The van der Waals surface area contributed by atoms with Gasteiger partial charge in [0.05, 0.1) is 12.1 Å². The summed E-state index contributed by atoms with van der Waals surface area (Å²) in [6.45, 7) is 0. The molecule has 1 saturated carbocycles. The molecule has 19 heavy (non-hydrogen) atoms. The fraction of sp³-hybridized carbons (Fsp3) is 0.235. The normalized spacial score (nSPS) is 16.0.